The lowest BCUT2D eigenvalue weighted by Crippen LogP contribution is -2.19. The summed E-state index contributed by atoms with van der Waals surface area (Å²) in [6.45, 7) is 8.67. The average molecular weight is 253 g/mol. The normalized spacial score (nSPS) is 12.5. The third-order valence-electron chi connectivity index (χ3n) is 3.89. The quantitative estimate of drug-likeness (QED) is 0.863. The SMILES string of the molecule is CNC(c1ccc(C)cc1)c1cc(C)c(C)cc1C. The van der Waals surface area contributed by atoms with Gasteiger partial charge < -0.3 is 5.32 Å². The number of hydrogen-bond acceptors (Lipinski definition) is 1. The van der Waals surface area contributed by atoms with Gasteiger partial charge in [0.2, 0.25) is 0 Å². The van der Waals surface area contributed by atoms with Crippen molar-refractivity contribution in [2.45, 2.75) is 33.7 Å². The van der Waals surface area contributed by atoms with Gasteiger partial charge in [0.1, 0.15) is 0 Å². The Labute approximate surface area is 116 Å². The maximum Gasteiger partial charge on any atom is 0.0576 e. The Morgan fingerprint density at radius 2 is 1.37 bits per heavy atom. The van der Waals surface area contributed by atoms with Gasteiger partial charge in [0.05, 0.1) is 6.04 Å². The van der Waals surface area contributed by atoms with Crippen LogP contribution in [-0.2, 0) is 0 Å². The van der Waals surface area contributed by atoms with E-state index < -0.39 is 0 Å². The highest BCUT2D eigenvalue weighted by molar-refractivity contribution is 5.42. The summed E-state index contributed by atoms with van der Waals surface area (Å²) in [4.78, 5) is 0. The number of nitrogens with one attached hydrogen (secondary N) is 1. The molecule has 0 heterocycles. The minimum atomic E-state index is 0.264. The van der Waals surface area contributed by atoms with E-state index in [4.69, 9.17) is 0 Å². The maximum atomic E-state index is 3.44. The smallest absolute Gasteiger partial charge is 0.0576 e. The molecule has 0 saturated carbocycles. The molecule has 19 heavy (non-hydrogen) atoms. The van der Waals surface area contributed by atoms with Crippen molar-refractivity contribution in [3.8, 4) is 0 Å². The summed E-state index contributed by atoms with van der Waals surface area (Å²) < 4.78 is 0. The molecule has 1 N–H and O–H groups in total. The summed E-state index contributed by atoms with van der Waals surface area (Å²) in [7, 11) is 2.03. The lowest BCUT2D eigenvalue weighted by atomic mass is 9.91. The molecule has 2 rings (SSSR count). The first kappa shape index (κ1) is 13.8. The molecule has 1 heteroatoms. The van der Waals surface area contributed by atoms with E-state index in [2.05, 4.69) is 69.4 Å². The van der Waals surface area contributed by atoms with E-state index in [0.29, 0.717) is 0 Å². The third kappa shape index (κ3) is 2.87. The maximum absolute atomic E-state index is 3.44. The molecule has 0 aliphatic rings. The van der Waals surface area contributed by atoms with E-state index in [0.717, 1.165) is 0 Å². The van der Waals surface area contributed by atoms with Gasteiger partial charge in [-0.15, -0.1) is 0 Å². The molecule has 1 unspecified atom stereocenters. The molecule has 2 aromatic rings. The topological polar surface area (TPSA) is 12.0 Å². The minimum absolute atomic E-state index is 0.264. The molecule has 0 aromatic heterocycles. The van der Waals surface area contributed by atoms with Gasteiger partial charge in [0, 0.05) is 0 Å². The van der Waals surface area contributed by atoms with Gasteiger partial charge in [-0.05, 0) is 62.6 Å². The van der Waals surface area contributed by atoms with Gasteiger partial charge in [-0.2, -0.15) is 0 Å². The summed E-state index contributed by atoms with van der Waals surface area (Å²) in [5.74, 6) is 0. The minimum Gasteiger partial charge on any atom is -0.309 e. The Hall–Kier alpha value is -1.60. The molecule has 0 aliphatic heterocycles. The Morgan fingerprint density at radius 1 is 0.789 bits per heavy atom. The second-order valence-corrected chi connectivity index (χ2v) is 5.43. The molecule has 0 amide bonds. The predicted octanol–water partition coefficient (Wildman–Crippen LogP) is 4.23. The number of aryl methyl sites for hydroxylation is 4. The monoisotopic (exact) mass is 253 g/mol. The van der Waals surface area contributed by atoms with Crippen molar-refractivity contribution in [3.63, 3.8) is 0 Å². The zero-order valence-corrected chi connectivity index (χ0v) is 12.5. The average Bonchev–Trinajstić information content (AvgIpc) is 2.38. The van der Waals surface area contributed by atoms with Crippen LogP contribution in [0.1, 0.15) is 39.4 Å². The number of benzene rings is 2. The Bertz CT molecular complexity index is 567. The molecule has 0 radical (unpaired) electrons. The molecule has 0 saturated heterocycles. The fraction of sp³-hybridized carbons (Fsp3) is 0.333. The van der Waals surface area contributed by atoms with Crippen molar-refractivity contribution in [1.29, 1.82) is 0 Å². The van der Waals surface area contributed by atoms with E-state index in [1.54, 1.807) is 0 Å². The first-order valence-electron chi connectivity index (χ1n) is 6.84. The van der Waals surface area contributed by atoms with Gasteiger partial charge in [-0.25, -0.2) is 0 Å². The van der Waals surface area contributed by atoms with E-state index in [9.17, 15) is 0 Å². The molecule has 0 bridgehead atoms. The van der Waals surface area contributed by atoms with Crippen LogP contribution >= 0.6 is 0 Å². The number of hydrogen-bond donors (Lipinski definition) is 1. The van der Waals surface area contributed by atoms with Crippen LogP contribution in [0.25, 0.3) is 0 Å². The second-order valence-electron chi connectivity index (χ2n) is 5.43. The molecule has 2 aromatic carbocycles. The highest BCUT2D eigenvalue weighted by Gasteiger charge is 2.14. The zero-order valence-electron chi connectivity index (χ0n) is 12.5. The van der Waals surface area contributed by atoms with Crippen molar-refractivity contribution in [3.05, 3.63) is 69.8 Å². The molecule has 0 spiro atoms. The summed E-state index contributed by atoms with van der Waals surface area (Å²) >= 11 is 0. The third-order valence-corrected chi connectivity index (χ3v) is 3.89. The molecule has 100 valence electrons. The van der Waals surface area contributed by atoms with Gasteiger partial charge in [-0.1, -0.05) is 42.0 Å². The van der Waals surface area contributed by atoms with Gasteiger partial charge in [-0.3, -0.25) is 0 Å². The van der Waals surface area contributed by atoms with E-state index in [-0.39, 0.29) is 6.04 Å². The van der Waals surface area contributed by atoms with Crippen LogP contribution < -0.4 is 5.32 Å². The van der Waals surface area contributed by atoms with Gasteiger partial charge in [0.15, 0.2) is 0 Å². The van der Waals surface area contributed by atoms with Crippen molar-refractivity contribution < 1.29 is 0 Å². The summed E-state index contributed by atoms with van der Waals surface area (Å²) in [6.07, 6.45) is 0. The predicted molar refractivity (Wildman–Crippen MR) is 82.7 cm³/mol. The van der Waals surface area contributed by atoms with Crippen LogP contribution in [0.15, 0.2) is 36.4 Å². The van der Waals surface area contributed by atoms with Crippen molar-refractivity contribution in [1.82, 2.24) is 5.32 Å². The van der Waals surface area contributed by atoms with Crippen LogP contribution in [0.3, 0.4) is 0 Å². The van der Waals surface area contributed by atoms with Crippen LogP contribution in [-0.4, -0.2) is 7.05 Å². The second kappa shape index (κ2) is 5.58. The molecular formula is C18H23N. The van der Waals surface area contributed by atoms with Gasteiger partial charge >= 0.3 is 0 Å². The summed E-state index contributed by atoms with van der Waals surface area (Å²) in [5.41, 5.74) is 8.06. The standard InChI is InChI=1S/C18H23N/c1-12-6-8-16(9-7-12)18(19-5)17-11-14(3)13(2)10-15(17)4/h6-11,18-19H,1-5H3. The number of rotatable bonds is 3. The molecule has 1 nitrogen and oxygen atoms in total. The Kier molecular flexibility index (Phi) is 4.06. The molecule has 0 aliphatic carbocycles. The van der Waals surface area contributed by atoms with Crippen molar-refractivity contribution in [2.24, 2.45) is 0 Å². The van der Waals surface area contributed by atoms with Crippen molar-refractivity contribution >= 4 is 0 Å². The lowest BCUT2D eigenvalue weighted by Gasteiger charge is -2.21. The van der Waals surface area contributed by atoms with E-state index in [1.807, 2.05) is 7.05 Å². The van der Waals surface area contributed by atoms with Crippen LogP contribution in [0, 0.1) is 27.7 Å². The van der Waals surface area contributed by atoms with Crippen LogP contribution in [0.2, 0.25) is 0 Å². The molecule has 1 atom stereocenters. The molecule has 0 fully saturated rings. The summed E-state index contributed by atoms with van der Waals surface area (Å²) in [5, 5.41) is 3.44. The summed E-state index contributed by atoms with van der Waals surface area (Å²) in [6, 6.07) is 13.6. The van der Waals surface area contributed by atoms with Crippen molar-refractivity contribution in [2.75, 3.05) is 7.05 Å². The zero-order chi connectivity index (χ0) is 14.0. The van der Waals surface area contributed by atoms with Gasteiger partial charge in [0.25, 0.3) is 0 Å². The Balaban J connectivity index is 2.47. The highest BCUT2D eigenvalue weighted by atomic mass is 14.9. The van der Waals surface area contributed by atoms with Crippen LogP contribution in [0.4, 0.5) is 0 Å². The first-order chi connectivity index (χ1) is 9.02. The first-order valence-corrected chi connectivity index (χ1v) is 6.84. The Morgan fingerprint density at radius 3 is 1.95 bits per heavy atom. The highest BCUT2D eigenvalue weighted by Crippen LogP contribution is 2.27. The lowest BCUT2D eigenvalue weighted by molar-refractivity contribution is 0.686. The fourth-order valence-electron chi connectivity index (χ4n) is 2.55. The van der Waals surface area contributed by atoms with Crippen LogP contribution in [0.5, 0.6) is 0 Å². The molecular weight excluding hydrogens is 230 g/mol. The fourth-order valence-corrected chi connectivity index (χ4v) is 2.55. The van der Waals surface area contributed by atoms with E-state index >= 15 is 0 Å². The van der Waals surface area contributed by atoms with E-state index in [1.165, 1.54) is 33.4 Å². The largest absolute Gasteiger partial charge is 0.309 e.